The molecule has 1 aliphatic carbocycles. The molecule has 5 nitrogen and oxygen atoms in total. The van der Waals surface area contributed by atoms with Crippen LogP contribution in [0, 0.1) is 13.8 Å². The normalized spacial score (nSPS) is 14.5. The van der Waals surface area contributed by atoms with Crippen molar-refractivity contribution >= 4 is 27.7 Å². The summed E-state index contributed by atoms with van der Waals surface area (Å²) in [6.07, 6.45) is 5.86. The van der Waals surface area contributed by atoms with Crippen LogP contribution >= 0.6 is 15.9 Å². The van der Waals surface area contributed by atoms with Crippen LogP contribution in [0.1, 0.15) is 54.4 Å². The molecule has 0 bridgehead atoms. The van der Waals surface area contributed by atoms with Gasteiger partial charge in [-0.05, 0) is 73.2 Å². The number of amides is 2. The number of benzene rings is 3. The lowest BCUT2D eigenvalue weighted by molar-refractivity contribution is -0.143. The van der Waals surface area contributed by atoms with Gasteiger partial charge in [0, 0.05) is 23.5 Å². The van der Waals surface area contributed by atoms with E-state index in [1.165, 1.54) is 12.0 Å². The van der Waals surface area contributed by atoms with E-state index in [1.54, 1.807) is 4.90 Å². The largest absolute Gasteiger partial charge is 0.484 e. The molecule has 1 fully saturated rings. The third kappa shape index (κ3) is 7.94. The van der Waals surface area contributed by atoms with Gasteiger partial charge in [0.1, 0.15) is 11.8 Å². The van der Waals surface area contributed by atoms with Crippen molar-refractivity contribution in [3.63, 3.8) is 0 Å². The summed E-state index contributed by atoms with van der Waals surface area (Å²) in [6.45, 7) is 4.24. The first-order valence-corrected chi connectivity index (χ1v) is 14.3. The maximum Gasteiger partial charge on any atom is 0.261 e. The average molecular weight is 578 g/mol. The highest BCUT2D eigenvalue weighted by atomic mass is 79.9. The first kappa shape index (κ1) is 27.9. The summed E-state index contributed by atoms with van der Waals surface area (Å²) in [5, 5.41) is 3.28. The van der Waals surface area contributed by atoms with E-state index in [0.717, 1.165) is 46.8 Å². The van der Waals surface area contributed by atoms with E-state index in [-0.39, 0.29) is 24.5 Å². The van der Waals surface area contributed by atoms with E-state index in [1.807, 2.05) is 86.6 Å². The van der Waals surface area contributed by atoms with Gasteiger partial charge in [0.05, 0.1) is 0 Å². The summed E-state index contributed by atoms with van der Waals surface area (Å²) < 4.78 is 6.87. The van der Waals surface area contributed by atoms with Crippen LogP contribution in [0.2, 0.25) is 0 Å². The Bertz CT molecular complexity index is 1220. The fourth-order valence-electron chi connectivity index (χ4n) is 4.96. The van der Waals surface area contributed by atoms with Gasteiger partial charge in [-0.3, -0.25) is 9.59 Å². The third-order valence-corrected chi connectivity index (χ3v) is 7.80. The fraction of sp³-hybridized carbons (Fsp3) is 0.375. The van der Waals surface area contributed by atoms with E-state index >= 15 is 0 Å². The van der Waals surface area contributed by atoms with E-state index in [4.69, 9.17) is 4.74 Å². The van der Waals surface area contributed by atoms with Gasteiger partial charge in [0.25, 0.3) is 5.91 Å². The number of halogens is 1. The number of aryl methyl sites for hydroxylation is 2. The van der Waals surface area contributed by atoms with Gasteiger partial charge in [-0.1, -0.05) is 83.7 Å². The summed E-state index contributed by atoms with van der Waals surface area (Å²) in [4.78, 5) is 29.3. The fourth-order valence-corrected chi connectivity index (χ4v) is 5.41. The van der Waals surface area contributed by atoms with E-state index in [0.29, 0.717) is 18.7 Å². The van der Waals surface area contributed by atoms with Gasteiger partial charge in [-0.25, -0.2) is 0 Å². The number of rotatable bonds is 10. The zero-order chi connectivity index (χ0) is 26.9. The lowest BCUT2D eigenvalue weighted by Gasteiger charge is -2.33. The van der Waals surface area contributed by atoms with Crippen molar-refractivity contribution < 1.29 is 14.3 Å². The second kappa shape index (κ2) is 13.6. The Morgan fingerprint density at radius 2 is 1.66 bits per heavy atom. The molecule has 1 atom stereocenters. The average Bonchev–Trinajstić information content (AvgIpc) is 2.92. The predicted octanol–water partition coefficient (Wildman–Crippen LogP) is 6.53. The number of hydrogen-bond donors (Lipinski definition) is 1. The summed E-state index contributed by atoms with van der Waals surface area (Å²) in [5.41, 5.74) is 4.23. The topological polar surface area (TPSA) is 58.6 Å². The number of nitrogens with one attached hydrogen (secondary N) is 1. The van der Waals surface area contributed by atoms with Crippen LogP contribution in [0.15, 0.2) is 77.3 Å². The molecule has 38 heavy (non-hydrogen) atoms. The van der Waals surface area contributed by atoms with Crippen molar-refractivity contribution in [1.82, 2.24) is 10.2 Å². The minimum Gasteiger partial charge on any atom is -0.484 e. The maximum absolute atomic E-state index is 13.8. The molecule has 1 saturated carbocycles. The Morgan fingerprint density at radius 1 is 0.921 bits per heavy atom. The van der Waals surface area contributed by atoms with Crippen molar-refractivity contribution in [2.24, 2.45) is 0 Å². The van der Waals surface area contributed by atoms with Gasteiger partial charge >= 0.3 is 0 Å². The van der Waals surface area contributed by atoms with Crippen LogP contribution < -0.4 is 10.1 Å². The molecular weight excluding hydrogens is 540 g/mol. The van der Waals surface area contributed by atoms with Crippen LogP contribution in [0.25, 0.3) is 0 Å². The molecule has 200 valence electrons. The molecule has 0 radical (unpaired) electrons. The highest BCUT2D eigenvalue weighted by Crippen LogP contribution is 2.22. The molecule has 0 saturated heterocycles. The monoisotopic (exact) mass is 576 g/mol. The Hall–Kier alpha value is -3.12. The van der Waals surface area contributed by atoms with Crippen molar-refractivity contribution in [3.05, 3.63) is 99.5 Å². The summed E-state index contributed by atoms with van der Waals surface area (Å²) in [5.74, 6) is 0.327. The van der Waals surface area contributed by atoms with Gasteiger partial charge in [0.15, 0.2) is 6.61 Å². The van der Waals surface area contributed by atoms with Gasteiger partial charge in [0.2, 0.25) is 5.91 Å². The quantitative estimate of drug-likeness (QED) is 0.298. The van der Waals surface area contributed by atoms with Crippen LogP contribution in [0.3, 0.4) is 0 Å². The van der Waals surface area contributed by atoms with Gasteiger partial charge < -0.3 is 15.0 Å². The summed E-state index contributed by atoms with van der Waals surface area (Å²) in [7, 11) is 0. The molecular formula is C32H37BrN2O3. The highest BCUT2D eigenvalue weighted by Gasteiger charge is 2.32. The second-order valence-electron chi connectivity index (χ2n) is 10.2. The standard InChI is InChI=1S/C32H37BrN2O3/c1-23-16-17-29(18-24(23)2)38-22-31(36)35(21-26-12-9-13-27(33)19-26)30(20-25-10-5-3-6-11-25)32(37)34-28-14-7-4-8-15-28/h3,5-6,9-13,16-19,28,30H,4,7-8,14-15,20-22H2,1-2H3,(H,34,37)/t30-/m0/s1. The Labute approximate surface area is 234 Å². The third-order valence-electron chi connectivity index (χ3n) is 7.31. The molecule has 0 unspecified atom stereocenters. The molecule has 0 aliphatic heterocycles. The zero-order valence-electron chi connectivity index (χ0n) is 22.3. The van der Waals surface area contributed by atoms with Gasteiger partial charge in [-0.2, -0.15) is 0 Å². The van der Waals surface area contributed by atoms with Crippen LogP contribution in [-0.2, 0) is 22.6 Å². The molecule has 1 N–H and O–H groups in total. The maximum atomic E-state index is 13.8. The molecule has 4 rings (SSSR count). The molecule has 3 aromatic carbocycles. The molecule has 3 aromatic rings. The summed E-state index contributed by atoms with van der Waals surface area (Å²) >= 11 is 3.54. The van der Waals surface area contributed by atoms with Crippen molar-refractivity contribution in [2.75, 3.05) is 6.61 Å². The van der Waals surface area contributed by atoms with Crippen molar-refractivity contribution in [3.8, 4) is 5.75 Å². The molecule has 0 aromatic heterocycles. The number of ether oxygens (including phenoxy) is 1. The lowest BCUT2D eigenvalue weighted by Crippen LogP contribution is -2.53. The number of carbonyl (C=O) groups excluding carboxylic acids is 2. The van der Waals surface area contributed by atoms with Crippen molar-refractivity contribution in [1.29, 1.82) is 0 Å². The highest BCUT2D eigenvalue weighted by molar-refractivity contribution is 9.10. The van der Waals surface area contributed by atoms with Crippen molar-refractivity contribution in [2.45, 2.75) is 71.0 Å². The molecule has 0 heterocycles. The zero-order valence-corrected chi connectivity index (χ0v) is 23.9. The Balaban J connectivity index is 1.61. The first-order chi connectivity index (χ1) is 18.4. The van der Waals surface area contributed by atoms with Crippen LogP contribution in [0.5, 0.6) is 5.75 Å². The SMILES string of the molecule is Cc1ccc(OCC(=O)N(Cc2cccc(Br)c2)[C@@H](Cc2ccccc2)C(=O)NC2CCCCC2)cc1C. The number of hydrogen-bond acceptors (Lipinski definition) is 3. The molecule has 2 amide bonds. The molecule has 0 spiro atoms. The smallest absolute Gasteiger partial charge is 0.261 e. The predicted molar refractivity (Wildman–Crippen MR) is 155 cm³/mol. The Kier molecular flexibility index (Phi) is 9.99. The Morgan fingerprint density at radius 3 is 2.37 bits per heavy atom. The van der Waals surface area contributed by atoms with Crippen LogP contribution in [-0.4, -0.2) is 35.4 Å². The lowest BCUT2D eigenvalue weighted by atomic mass is 9.94. The molecule has 6 heteroatoms. The second-order valence-corrected chi connectivity index (χ2v) is 11.2. The number of nitrogens with zero attached hydrogens (tertiary/aromatic N) is 1. The van der Waals surface area contributed by atoms with E-state index < -0.39 is 6.04 Å². The van der Waals surface area contributed by atoms with Crippen LogP contribution in [0.4, 0.5) is 0 Å². The van der Waals surface area contributed by atoms with Gasteiger partial charge in [-0.15, -0.1) is 0 Å². The minimum absolute atomic E-state index is 0.102. The van der Waals surface area contributed by atoms with E-state index in [9.17, 15) is 9.59 Å². The van der Waals surface area contributed by atoms with E-state index in [2.05, 4.69) is 21.2 Å². The molecule has 1 aliphatic rings. The minimum atomic E-state index is -0.658. The summed E-state index contributed by atoms with van der Waals surface area (Å²) in [6, 6.07) is 23.1. The first-order valence-electron chi connectivity index (χ1n) is 13.5. The number of carbonyl (C=O) groups is 2.